The van der Waals surface area contributed by atoms with Crippen LogP contribution in [0.1, 0.15) is 29.7 Å². The number of carboxylic acid groups (broad SMARTS) is 1. The maximum absolute atomic E-state index is 13.8. The van der Waals surface area contributed by atoms with Crippen LogP contribution >= 0.6 is 0 Å². The lowest BCUT2D eigenvalue weighted by molar-refractivity contribution is 0.0694. The van der Waals surface area contributed by atoms with E-state index in [0.29, 0.717) is 6.42 Å². The number of carboxylic acids is 1. The van der Waals surface area contributed by atoms with Gasteiger partial charge in [0.1, 0.15) is 12.2 Å². The minimum Gasteiger partial charge on any atom is -0.486 e. The molecular weight excluding hydrogens is 284 g/mol. The molecule has 0 bridgehead atoms. The Morgan fingerprint density at radius 3 is 2.86 bits per heavy atom. The predicted octanol–water partition coefficient (Wildman–Crippen LogP) is 2.32. The van der Waals surface area contributed by atoms with Crippen molar-refractivity contribution in [1.29, 1.82) is 0 Å². The zero-order valence-corrected chi connectivity index (χ0v) is 11.0. The van der Waals surface area contributed by atoms with Crippen LogP contribution in [0.25, 0.3) is 10.9 Å². The van der Waals surface area contributed by atoms with Gasteiger partial charge in [-0.15, -0.1) is 0 Å². The lowest BCUT2D eigenvalue weighted by atomic mass is 10.1. The Kier molecular flexibility index (Phi) is 2.93. The van der Waals surface area contributed by atoms with E-state index >= 15 is 0 Å². The van der Waals surface area contributed by atoms with Crippen LogP contribution in [-0.4, -0.2) is 22.2 Å². The van der Waals surface area contributed by atoms with Gasteiger partial charge in [-0.1, -0.05) is 6.92 Å². The van der Waals surface area contributed by atoms with Gasteiger partial charge in [0.05, 0.1) is 16.9 Å². The van der Waals surface area contributed by atoms with E-state index in [1.165, 1.54) is 10.8 Å². The molecule has 0 aliphatic carbocycles. The second-order valence-corrected chi connectivity index (χ2v) is 4.86. The lowest BCUT2D eigenvalue weighted by Crippen LogP contribution is -2.28. The van der Waals surface area contributed by atoms with Crippen LogP contribution in [0.4, 0.5) is 8.78 Å². The Morgan fingerprint density at radius 2 is 2.24 bits per heavy atom. The van der Waals surface area contributed by atoms with Crippen molar-refractivity contribution in [2.24, 2.45) is 0 Å². The van der Waals surface area contributed by atoms with E-state index in [4.69, 9.17) is 9.84 Å². The van der Waals surface area contributed by atoms with Crippen LogP contribution in [0, 0.1) is 11.6 Å². The zero-order chi connectivity index (χ0) is 15.3. The van der Waals surface area contributed by atoms with Gasteiger partial charge >= 0.3 is 5.97 Å². The summed E-state index contributed by atoms with van der Waals surface area (Å²) in [6, 6.07) is 0.476. The maximum Gasteiger partial charge on any atom is 0.341 e. The van der Waals surface area contributed by atoms with Crippen LogP contribution in [0.15, 0.2) is 17.1 Å². The summed E-state index contributed by atoms with van der Waals surface area (Å²) in [6.45, 7) is 1.93. The molecule has 1 aromatic heterocycles. The number of nitrogens with zero attached hydrogens (tertiary/aromatic N) is 1. The fourth-order valence-corrected chi connectivity index (χ4v) is 2.58. The molecule has 0 fully saturated rings. The largest absolute Gasteiger partial charge is 0.486 e. The van der Waals surface area contributed by atoms with Gasteiger partial charge in [0.25, 0.3) is 0 Å². The van der Waals surface area contributed by atoms with Crippen LogP contribution in [0.2, 0.25) is 0 Å². The molecule has 7 heteroatoms. The van der Waals surface area contributed by atoms with Crippen molar-refractivity contribution < 1.29 is 23.4 Å². The van der Waals surface area contributed by atoms with Crippen molar-refractivity contribution in [2.75, 3.05) is 6.61 Å². The molecule has 5 nitrogen and oxygen atoms in total. The molecule has 0 radical (unpaired) electrons. The highest BCUT2D eigenvalue weighted by Gasteiger charge is 2.28. The Bertz CT molecular complexity index is 828. The van der Waals surface area contributed by atoms with Crippen molar-refractivity contribution in [2.45, 2.75) is 19.4 Å². The lowest BCUT2D eigenvalue weighted by Gasteiger charge is -2.28. The molecule has 2 aromatic rings. The standard InChI is InChI=1S/C14H11F2NO4/c1-2-6-5-21-13-10(16)9(15)3-7-11(13)17(6)4-8(12(7)18)14(19)20/h3-4,6H,2,5H2,1H3,(H,19,20). The van der Waals surface area contributed by atoms with Gasteiger partial charge in [0, 0.05) is 6.20 Å². The van der Waals surface area contributed by atoms with Crippen molar-refractivity contribution in [3.05, 3.63) is 39.7 Å². The molecule has 1 aliphatic heterocycles. The first-order valence-electron chi connectivity index (χ1n) is 6.38. The Morgan fingerprint density at radius 1 is 1.52 bits per heavy atom. The Balaban J connectivity index is 2.53. The van der Waals surface area contributed by atoms with E-state index < -0.39 is 28.6 Å². The smallest absolute Gasteiger partial charge is 0.341 e. The first kappa shape index (κ1) is 13.5. The maximum atomic E-state index is 13.8. The van der Waals surface area contributed by atoms with Gasteiger partial charge < -0.3 is 14.4 Å². The third kappa shape index (κ3) is 1.80. The fraction of sp³-hybridized carbons (Fsp3) is 0.286. The monoisotopic (exact) mass is 295 g/mol. The average Bonchev–Trinajstić information content (AvgIpc) is 2.46. The number of aromatic carboxylic acids is 1. The fourth-order valence-electron chi connectivity index (χ4n) is 2.58. The number of hydrogen-bond acceptors (Lipinski definition) is 3. The number of rotatable bonds is 2. The number of hydrogen-bond donors (Lipinski definition) is 1. The van der Waals surface area contributed by atoms with Gasteiger partial charge in [-0.05, 0) is 12.5 Å². The Hall–Kier alpha value is -2.44. The SMILES string of the molecule is CCC1COc2c(F)c(F)cc3c(=O)c(C(=O)O)cn1c23. The number of benzene rings is 1. The third-order valence-electron chi connectivity index (χ3n) is 3.68. The summed E-state index contributed by atoms with van der Waals surface area (Å²) in [5.41, 5.74) is -1.23. The predicted molar refractivity (Wildman–Crippen MR) is 69.9 cm³/mol. The van der Waals surface area contributed by atoms with Crippen molar-refractivity contribution in [1.82, 2.24) is 4.57 Å². The zero-order valence-electron chi connectivity index (χ0n) is 11.0. The summed E-state index contributed by atoms with van der Waals surface area (Å²) >= 11 is 0. The second-order valence-electron chi connectivity index (χ2n) is 4.86. The average molecular weight is 295 g/mol. The van der Waals surface area contributed by atoms with Crippen LogP contribution < -0.4 is 10.2 Å². The molecule has 0 spiro atoms. The molecule has 1 aliphatic rings. The minimum atomic E-state index is -1.40. The molecule has 1 unspecified atom stereocenters. The number of ether oxygens (including phenoxy) is 1. The molecular formula is C14H11F2NO4. The highest BCUT2D eigenvalue weighted by molar-refractivity contribution is 5.94. The first-order valence-corrected chi connectivity index (χ1v) is 6.38. The van der Waals surface area contributed by atoms with Gasteiger partial charge in [-0.25, -0.2) is 9.18 Å². The minimum absolute atomic E-state index is 0.0842. The molecule has 2 heterocycles. The molecule has 21 heavy (non-hydrogen) atoms. The molecule has 1 N–H and O–H groups in total. The van der Waals surface area contributed by atoms with Crippen LogP contribution in [-0.2, 0) is 0 Å². The summed E-state index contributed by atoms with van der Waals surface area (Å²) in [7, 11) is 0. The molecule has 0 saturated carbocycles. The van der Waals surface area contributed by atoms with E-state index in [9.17, 15) is 18.4 Å². The highest BCUT2D eigenvalue weighted by atomic mass is 19.2. The summed E-state index contributed by atoms with van der Waals surface area (Å²) in [5.74, 6) is -4.16. The second kappa shape index (κ2) is 4.54. The number of pyridine rings is 1. The highest BCUT2D eigenvalue weighted by Crippen LogP contribution is 2.36. The number of aromatic nitrogens is 1. The quantitative estimate of drug-likeness (QED) is 0.923. The topological polar surface area (TPSA) is 68.5 Å². The van der Waals surface area contributed by atoms with Crippen molar-refractivity contribution in [3.63, 3.8) is 0 Å². The van der Waals surface area contributed by atoms with Gasteiger partial charge in [-0.2, -0.15) is 4.39 Å². The third-order valence-corrected chi connectivity index (χ3v) is 3.68. The van der Waals surface area contributed by atoms with Crippen LogP contribution in [0.5, 0.6) is 5.75 Å². The van der Waals surface area contributed by atoms with E-state index in [2.05, 4.69) is 0 Å². The van der Waals surface area contributed by atoms with E-state index in [0.717, 1.165) is 6.07 Å². The van der Waals surface area contributed by atoms with E-state index in [-0.39, 0.29) is 29.3 Å². The summed E-state index contributed by atoms with van der Waals surface area (Å²) < 4.78 is 34.2. The van der Waals surface area contributed by atoms with Crippen LogP contribution in [0.3, 0.4) is 0 Å². The molecule has 1 atom stereocenters. The molecule has 0 saturated heterocycles. The van der Waals surface area contributed by atoms with Crippen molar-refractivity contribution >= 4 is 16.9 Å². The number of halogens is 2. The van der Waals surface area contributed by atoms with E-state index in [1.54, 1.807) is 0 Å². The van der Waals surface area contributed by atoms with Gasteiger partial charge in [-0.3, -0.25) is 4.79 Å². The summed E-state index contributed by atoms with van der Waals surface area (Å²) in [4.78, 5) is 23.3. The molecule has 1 aromatic carbocycles. The van der Waals surface area contributed by atoms with Gasteiger partial charge in [0.2, 0.25) is 11.2 Å². The van der Waals surface area contributed by atoms with E-state index in [1.807, 2.05) is 6.92 Å². The molecule has 110 valence electrons. The normalized spacial score (nSPS) is 16.8. The molecule has 0 amide bonds. The van der Waals surface area contributed by atoms with Gasteiger partial charge in [0.15, 0.2) is 11.6 Å². The molecule has 3 rings (SSSR count). The summed E-state index contributed by atoms with van der Waals surface area (Å²) in [6.07, 6.45) is 1.76. The first-order chi connectivity index (χ1) is 9.95. The Labute approximate surface area is 117 Å². The number of carbonyl (C=O) groups is 1. The summed E-state index contributed by atoms with van der Waals surface area (Å²) in [5, 5.41) is 8.91. The van der Waals surface area contributed by atoms with Crippen molar-refractivity contribution in [3.8, 4) is 5.75 Å².